The number of nitrogens with one attached hydrogen (secondary N) is 3. The summed E-state index contributed by atoms with van der Waals surface area (Å²) < 4.78 is 16.8. The van der Waals surface area contributed by atoms with Crippen LogP contribution in [0.2, 0.25) is 0 Å². The van der Waals surface area contributed by atoms with Crippen LogP contribution >= 0.6 is 0 Å². The lowest BCUT2D eigenvalue weighted by molar-refractivity contribution is -0.124. The van der Waals surface area contributed by atoms with Gasteiger partial charge in [-0.3, -0.25) is 25.2 Å². The smallest absolute Gasteiger partial charge is 0.269 e. The van der Waals surface area contributed by atoms with Crippen LogP contribution < -0.4 is 30.4 Å². The Morgan fingerprint density at radius 3 is 2.03 bits per heavy atom. The summed E-state index contributed by atoms with van der Waals surface area (Å²) in [5.74, 6) is -0.476. The molecule has 3 amide bonds. The van der Waals surface area contributed by atoms with Gasteiger partial charge >= 0.3 is 0 Å². The Morgan fingerprint density at radius 1 is 0.848 bits per heavy atom. The highest BCUT2D eigenvalue weighted by atomic mass is 16.5. The first kappa shape index (κ1) is 25.3. The number of hydrazine groups is 1. The van der Waals surface area contributed by atoms with Gasteiger partial charge in [0.2, 0.25) is 11.7 Å². The molecule has 0 bridgehead atoms. The van der Waals surface area contributed by atoms with Crippen LogP contribution in [-0.4, -0.2) is 44.1 Å². The average molecular weight is 456 g/mol. The summed E-state index contributed by atoms with van der Waals surface area (Å²) in [6, 6.07) is 12.3. The van der Waals surface area contributed by atoms with Crippen LogP contribution in [0.1, 0.15) is 36.7 Å². The van der Waals surface area contributed by atoms with Crippen LogP contribution in [0.3, 0.4) is 0 Å². The van der Waals surface area contributed by atoms with Crippen LogP contribution in [0.15, 0.2) is 48.5 Å². The van der Waals surface area contributed by atoms with E-state index in [1.807, 2.05) is 51.1 Å². The first-order valence-electron chi connectivity index (χ1n) is 10.6. The van der Waals surface area contributed by atoms with Gasteiger partial charge < -0.3 is 19.5 Å². The monoisotopic (exact) mass is 455 g/mol. The topological polar surface area (TPSA) is 115 Å². The Hall–Kier alpha value is -4.01. The van der Waals surface area contributed by atoms with E-state index in [-0.39, 0.29) is 12.1 Å². The molecule has 176 valence electrons. The minimum absolute atomic E-state index is 0.209. The number of carbonyl (C=O) groups is 3. The molecule has 0 aromatic heterocycles. The zero-order valence-electron chi connectivity index (χ0n) is 19.0. The SMILES string of the molecule is CCOc1cc(C(=O)NNC(=O)CNC(=O)/C=C/c2ccccc2)cc(OCC)c1OCC. The summed E-state index contributed by atoms with van der Waals surface area (Å²) in [6.45, 7) is 6.28. The molecule has 2 aromatic carbocycles. The summed E-state index contributed by atoms with van der Waals surface area (Å²) in [7, 11) is 0. The summed E-state index contributed by atoms with van der Waals surface area (Å²) in [5.41, 5.74) is 5.64. The number of benzene rings is 2. The normalized spacial score (nSPS) is 10.4. The van der Waals surface area contributed by atoms with Crippen LogP contribution in [-0.2, 0) is 9.59 Å². The third-order valence-electron chi connectivity index (χ3n) is 4.14. The summed E-state index contributed by atoms with van der Waals surface area (Å²) in [4.78, 5) is 36.4. The quantitative estimate of drug-likeness (QED) is 0.354. The maximum absolute atomic E-state index is 12.6. The van der Waals surface area contributed by atoms with Crippen molar-refractivity contribution >= 4 is 23.8 Å². The van der Waals surface area contributed by atoms with Crippen molar-refractivity contribution in [1.82, 2.24) is 16.2 Å². The molecule has 9 heteroatoms. The minimum atomic E-state index is -0.592. The Morgan fingerprint density at radius 2 is 1.45 bits per heavy atom. The maximum Gasteiger partial charge on any atom is 0.269 e. The summed E-state index contributed by atoms with van der Waals surface area (Å²) in [5, 5.41) is 2.44. The van der Waals surface area contributed by atoms with Crippen LogP contribution in [0, 0.1) is 0 Å². The average Bonchev–Trinajstić information content (AvgIpc) is 2.82. The van der Waals surface area contributed by atoms with Gasteiger partial charge in [0.05, 0.1) is 26.4 Å². The van der Waals surface area contributed by atoms with Gasteiger partial charge in [0, 0.05) is 11.6 Å². The standard InChI is InChI=1S/C24H29N3O6/c1-4-31-19-14-18(15-20(32-5-2)23(19)33-6-3)24(30)27-26-22(29)16-25-21(28)13-12-17-10-8-7-9-11-17/h7-15H,4-6,16H2,1-3H3,(H,25,28)(H,26,29)(H,27,30)/b13-12+. The van der Waals surface area contributed by atoms with Gasteiger partial charge in [-0.1, -0.05) is 30.3 Å². The first-order valence-corrected chi connectivity index (χ1v) is 10.6. The van der Waals surface area contributed by atoms with E-state index in [0.29, 0.717) is 37.1 Å². The summed E-state index contributed by atoms with van der Waals surface area (Å²) in [6.07, 6.45) is 2.96. The molecule has 0 aliphatic carbocycles. The predicted molar refractivity (Wildman–Crippen MR) is 124 cm³/mol. The third kappa shape index (κ3) is 8.21. The fourth-order valence-corrected chi connectivity index (χ4v) is 2.72. The first-order chi connectivity index (χ1) is 16.0. The molecule has 33 heavy (non-hydrogen) atoms. The molecule has 0 heterocycles. The van der Waals surface area contributed by atoms with Gasteiger partial charge in [-0.2, -0.15) is 0 Å². The second-order valence-corrected chi connectivity index (χ2v) is 6.56. The lowest BCUT2D eigenvalue weighted by atomic mass is 10.1. The Kier molecular flexibility index (Phi) is 10.3. The molecule has 0 spiro atoms. The van der Waals surface area contributed by atoms with E-state index in [4.69, 9.17) is 14.2 Å². The Bertz CT molecular complexity index is 948. The van der Waals surface area contributed by atoms with Crippen molar-refractivity contribution in [2.75, 3.05) is 26.4 Å². The van der Waals surface area contributed by atoms with E-state index >= 15 is 0 Å². The van der Waals surface area contributed by atoms with Crippen molar-refractivity contribution in [3.63, 3.8) is 0 Å². The van der Waals surface area contributed by atoms with E-state index in [1.165, 1.54) is 18.2 Å². The highest BCUT2D eigenvalue weighted by molar-refractivity contribution is 5.98. The predicted octanol–water partition coefficient (Wildman–Crippen LogP) is 2.47. The zero-order chi connectivity index (χ0) is 24.1. The fraction of sp³-hybridized carbons (Fsp3) is 0.292. The molecule has 0 aliphatic heterocycles. The molecule has 0 saturated carbocycles. The Labute approximate surface area is 193 Å². The van der Waals surface area contributed by atoms with E-state index in [1.54, 1.807) is 6.08 Å². The second-order valence-electron chi connectivity index (χ2n) is 6.56. The maximum atomic E-state index is 12.6. The molecule has 0 radical (unpaired) electrons. The molecule has 0 saturated heterocycles. The molecular weight excluding hydrogens is 426 g/mol. The van der Waals surface area contributed by atoms with E-state index < -0.39 is 17.7 Å². The van der Waals surface area contributed by atoms with Crippen molar-refractivity contribution in [2.24, 2.45) is 0 Å². The van der Waals surface area contributed by atoms with Gasteiger partial charge in [-0.05, 0) is 44.5 Å². The molecule has 0 fully saturated rings. The van der Waals surface area contributed by atoms with Gasteiger partial charge in [0.1, 0.15) is 0 Å². The molecule has 9 nitrogen and oxygen atoms in total. The van der Waals surface area contributed by atoms with Crippen LogP contribution in [0.25, 0.3) is 6.08 Å². The van der Waals surface area contributed by atoms with Crippen molar-refractivity contribution in [2.45, 2.75) is 20.8 Å². The van der Waals surface area contributed by atoms with E-state index in [0.717, 1.165) is 5.56 Å². The van der Waals surface area contributed by atoms with Gasteiger partial charge in [0.25, 0.3) is 11.8 Å². The number of hydrogen-bond donors (Lipinski definition) is 3. The van der Waals surface area contributed by atoms with Crippen molar-refractivity contribution in [3.05, 3.63) is 59.7 Å². The van der Waals surface area contributed by atoms with E-state index in [2.05, 4.69) is 16.2 Å². The molecular formula is C24H29N3O6. The largest absolute Gasteiger partial charge is 0.490 e. The second kappa shape index (κ2) is 13.4. The Balaban J connectivity index is 1.94. The molecule has 0 unspecified atom stereocenters. The van der Waals surface area contributed by atoms with Gasteiger partial charge in [-0.25, -0.2) is 0 Å². The highest BCUT2D eigenvalue weighted by Crippen LogP contribution is 2.39. The number of rotatable bonds is 11. The van der Waals surface area contributed by atoms with Crippen LogP contribution in [0.5, 0.6) is 17.2 Å². The lowest BCUT2D eigenvalue weighted by Gasteiger charge is -2.17. The van der Waals surface area contributed by atoms with E-state index in [9.17, 15) is 14.4 Å². The number of carbonyl (C=O) groups excluding carboxylic acids is 3. The number of amides is 3. The third-order valence-corrected chi connectivity index (χ3v) is 4.14. The number of ether oxygens (including phenoxy) is 3. The molecule has 2 rings (SSSR count). The lowest BCUT2D eigenvalue weighted by Crippen LogP contribution is -2.46. The van der Waals surface area contributed by atoms with Gasteiger partial charge in [0.15, 0.2) is 11.5 Å². The molecule has 0 atom stereocenters. The van der Waals surface area contributed by atoms with Crippen molar-refractivity contribution in [1.29, 1.82) is 0 Å². The van der Waals surface area contributed by atoms with Crippen molar-refractivity contribution < 1.29 is 28.6 Å². The fourth-order valence-electron chi connectivity index (χ4n) is 2.72. The molecule has 3 N–H and O–H groups in total. The highest BCUT2D eigenvalue weighted by Gasteiger charge is 2.18. The molecule has 2 aromatic rings. The zero-order valence-corrected chi connectivity index (χ0v) is 19.0. The summed E-state index contributed by atoms with van der Waals surface area (Å²) >= 11 is 0. The van der Waals surface area contributed by atoms with Crippen molar-refractivity contribution in [3.8, 4) is 17.2 Å². The van der Waals surface area contributed by atoms with Gasteiger partial charge in [-0.15, -0.1) is 0 Å². The molecule has 0 aliphatic rings. The van der Waals surface area contributed by atoms with Crippen LogP contribution in [0.4, 0.5) is 0 Å². The minimum Gasteiger partial charge on any atom is -0.490 e. The number of hydrogen-bond acceptors (Lipinski definition) is 6.